The van der Waals surface area contributed by atoms with Crippen LogP contribution in [0.2, 0.25) is 0 Å². The Morgan fingerprint density at radius 1 is 1.11 bits per heavy atom. The number of amidine groups is 1. The third-order valence-electron chi connectivity index (χ3n) is 3.90. The molecule has 6 heteroatoms. The molecule has 0 radical (unpaired) electrons. The van der Waals surface area contributed by atoms with Gasteiger partial charge in [-0.15, -0.1) is 6.58 Å². The second kappa shape index (κ2) is 7.78. The normalized spacial score (nSPS) is 19.8. The molecule has 1 heterocycles. The third-order valence-corrected chi connectivity index (χ3v) is 3.90. The summed E-state index contributed by atoms with van der Waals surface area (Å²) >= 11 is 0. The van der Waals surface area contributed by atoms with Gasteiger partial charge in [0, 0.05) is 12.0 Å². The Labute approximate surface area is 167 Å². The smallest absolute Gasteiger partial charge is 0.416 e. The Morgan fingerprint density at radius 2 is 1.68 bits per heavy atom. The van der Waals surface area contributed by atoms with Crippen LogP contribution in [0.5, 0.6) is 0 Å². The number of hydrogen-bond acceptors (Lipinski definition) is 5. The van der Waals surface area contributed by atoms with E-state index in [2.05, 4.69) is 6.58 Å². The van der Waals surface area contributed by atoms with Crippen LogP contribution in [0.4, 0.5) is 4.79 Å². The van der Waals surface area contributed by atoms with E-state index in [9.17, 15) is 9.59 Å². The van der Waals surface area contributed by atoms with Crippen molar-refractivity contribution in [1.82, 2.24) is 4.90 Å². The Kier molecular flexibility index (Phi) is 6.02. The molecule has 0 unspecified atom stereocenters. The van der Waals surface area contributed by atoms with Gasteiger partial charge in [0.25, 0.3) is 0 Å². The molecule has 0 fully saturated rings. The highest BCUT2D eigenvalue weighted by Crippen LogP contribution is 2.32. The Hall–Kier alpha value is -2.63. The van der Waals surface area contributed by atoms with Gasteiger partial charge < -0.3 is 9.47 Å². The van der Waals surface area contributed by atoms with E-state index in [-0.39, 0.29) is 13.0 Å². The van der Waals surface area contributed by atoms with Crippen molar-refractivity contribution in [3.8, 4) is 0 Å². The minimum Gasteiger partial charge on any atom is -0.458 e. The highest BCUT2D eigenvalue weighted by Gasteiger charge is 2.50. The SMILES string of the molecule is C=CC[C@@]1(C(=O)OC(C)(C)C)CN(C(=O)OC(C)(C)C)C(c2ccccc2)=N1. The van der Waals surface area contributed by atoms with Crippen LogP contribution in [0.15, 0.2) is 48.0 Å². The fourth-order valence-corrected chi connectivity index (χ4v) is 2.83. The predicted octanol–water partition coefficient (Wildman–Crippen LogP) is 4.34. The van der Waals surface area contributed by atoms with Crippen LogP contribution in [0, 0.1) is 0 Å². The van der Waals surface area contributed by atoms with Crippen molar-refractivity contribution in [2.75, 3.05) is 6.54 Å². The minimum atomic E-state index is -1.25. The quantitative estimate of drug-likeness (QED) is 0.570. The second-order valence-corrected chi connectivity index (χ2v) is 8.89. The van der Waals surface area contributed by atoms with Gasteiger partial charge in [0.1, 0.15) is 17.0 Å². The first kappa shape index (κ1) is 21.7. The summed E-state index contributed by atoms with van der Waals surface area (Å²) in [4.78, 5) is 32.0. The zero-order valence-electron chi connectivity index (χ0n) is 17.6. The van der Waals surface area contributed by atoms with Gasteiger partial charge in [0.2, 0.25) is 0 Å². The summed E-state index contributed by atoms with van der Waals surface area (Å²) in [5.74, 6) is -0.0954. The minimum absolute atomic E-state index is 0.0348. The van der Waals surface area contributed by atoms with Crippen molar-refractivity contribution in [3.05, 3.63) is 48.6 Å². The van der Waals surface area contributed by atoms with Crippen molar-refractivity contribution in [2.24, 2.45) is 4.99 Å². The van der Waals surface area contributed by atoms with Gasteiger partial charge in [-0.25, -0.2) is 14.6 Å². The number of esters is 1. The molecule has 1 aliphatic heterocycles. The molecule has 1 amide bonds. The molecule has 0 bridgehead atoms. The van der Waals surface area contributed by atoms with Crippen LogP contribution < -0.4 is 0 Å². The average molecular weight is 386 g/mol. The van der Waals surface area contributed by atoms with E-state index in [1.807, 2.05) is 30.3 Å². The lowest BCUT2D eigenvalue weighted by Crippen LogP contribution is -2.48. The van der Waals surface area contributed by atoms with E-state index in [1.165, 1.54) is 4.90 Å². The molecule has 1 aliphatic rings. The van der Waals surface area contributed by atoms with Crippen LogP contribution in [0.1, 0.15) is 53.5 Å². The van der Waals surface area contributed by atoms with Crippen LogP contribution in [0.3, 0.4) is 0 Å². The summed E-state index contributed by atoms with van der Waals surface area (Å²) < 4.78 is 11.2. The van der Waals surface area contributed by atoms with E-state index in [4.69, 9.17) is 14.5 Å². The predicted molar refractivity (Wildman–Crippen MR) is 109 cm³/mol. The first-order chi connectivity index (χ1) is 12.9. The molecule has 0 aromatic heterocycles. The molecule has 0 saturated heterocycles. The van der Waals surface area contributed by atoms with Crippen molar-refractivity contribution < 1.29 is 19.1 Å². The summed E-state index contributed by atoms with van der Waals surface area (Å²) in [6, 6.07) is 9.27. The number of rotatable bonds is 4. The Bertz CT molecular complexity index is 772. The molecule has 152 valence electrons. The summed E-state index contributed by atoms with van der Waals surface area (Å²) in [6.07, 6.45) is 1.32. The maximum Gasteiger partial charge on any atom is 0.416 e. The molecule has 1 aromatic rings. The van der Waals surface area contributed by atoms with Gasteiger partial charge in [0.15, 0.2) is 5.54 Å². The molecule has 1 atom stereocenters. The molecular formula is C22H30N2O4. The fourth-order valence-electron chi connectivity index (χ4n) is 2.83. The lowest BCUT2D eigenvalue weighted by molar-refractivity contribution is -0.161. The van der Waals surface area contributed by atoms with Crippen LogP contribution in [0.25, 0.3) is 0 Å². The monoisotopic (exact) mass is 386 g/mol. The van der Waals surface area contributed by atoms with Crippen molar-refractivity contribution in [3.63, 3.8) is 0 Å². The summed E-state index contributed by atoms with van der Waals surface area (Å²) in [5.41, 5.74) is -1.87. The number of amides is 1. The Morgan fingerprint density at radius 3 is 2.18 bits per heavy atom. The van der Waals surface area contributed by atoms with Crippen LogP contribution >= 0.6 is 0 Å². The maximum absolute atomic E-state index is 13.0. The van der Waals surface area contributed by atoms with Crippen molar-refractivity contribution in [1.29, 1.82) is 0 Å². The highest BCUT2D eigenvalue weighted by atomic mass is 16.6. The van der Waals surface area contributed by atoms with E-state index in [0.717, 1.165) is 5.56 Å². The first-order valence-corrected chi connectivity index (χ1v) is 9.37. The number of hydrogen-bond donors (Lipinski definition) is 0. The van der Waals surface area contributed by atoms with E-state index >= 15 is 0 Å². The van der Waals surface area contributed by atoms with Gasteiger partial charge in [0.05, 0.1) is 6.54 Å². The summed E-state index contributed by atoms with van der Waals surface area (Å²) in [6.45, 7) is 14.6. The van der Waals surface area contributed by atoms with Gasteiger partial charge in [-0.3, -0.25) is 4.90 Å². The van der Waals surface area contributed by atoms with E-state index < -0.39 is 28.8 Å². The molecule has 2 rings (SSSR count). The number of aliphatic imine (C=N–C) groups is 1. The van der Waals surface area contributed by atoms with Crippen molar-refractivity contribution >= 4 is 17.9 Å². The fraction of sp³-hybridized carbons (Fsp3) is 0.500. The van der Waals surface area contributed by atoms with Crippen LogP contribution in [-0.2, 0) is 14.3 Å². The molecule has 6 nitrogen and oxygen atoms in total. The van der Waals surface area contributed by atoms with Crippen LogP contribution in [-0.4, -0.2) is 46.1 Å². The molecular weight excluding hydrogens is 356 g/mol. The Balaban J connectivity index is 2.50. The van der Waals surface area contributed by atoms with Crippen molar-refractivity contribution in [2.45, 2.75) is 64.7 Å². The number of nitrogens with zero attached hydrogens (tertiary/aromatic N) is 2. The van der Waals surface area contributed by atoms with Gasteiger partial charge in [-0.05, 0) is 41.5 Å². The van der Waals surface area contributed by atoms with Gasteiger partial charge in [-0.1, -0.05) is 36.4 Å². The van der Waals surface area contributed by atoms with Gasteiger partial charge >= 0.3 is 12.1 Å². The highest BCUT2D eigenvalue weighted by molar-refractivity contribution is 6.10. The summed E-state index contributed by atoms with van der Waals surface area (Å²) in [7, 11) is 0. The number of benzene rings is 1. The third kappa shape index (κ3) is 5.21. The molecule has 28 heavy (non-hydrogen) atoms. The molecule has 1 aromatic carbocycles. The molecule has 0 aliphatic carbocycles. The van der Waals surface area contributed by atoms with E-state index in [1.54, 1.807) is 47.6 Å². The second-order valence-electron chi connectivity index (χ2n) is 8.89. The molecule has 0 spiro atoms. The zero-order chi connectivity index (χ0) is 21.2. The molecule has 0 saturated carbocycles. The molecule has 0 N–H and O–H groups in total. The average Bonchev–Trinajstić information content (AvgIpc) is 2.94. The largest absolute Gasteiger partial charge is 0.458 e. The topological polar surface area (TPSA) is 68.2 Å². The van der Waals surface area contributed by atoms with Gasteiger partial charge in [-0.2, -0.15) is 0 Å². The maximum atomic E-state index is 13.0. The lowest BCUT2D eigenvalue weighted by atomic mass is 9.96. The zero-order valence-corrected chi connectivity index (χ0v) is 17.6. The number of ether oxygens (including phenoxy) is 2. The standard InChI is InChI=1S/C22H30N2O4/c1-8-14-22(18(25)27-20(2,3)4)15-24(19(26)28-21(5,6)7)17(23-22)16-12-10-9-11-13-16/h8-13H,1,14-15H2,2-7H3/t22-/m0/s1. The lowest BCUT2D eigenvalue weighted by Gasteiger charge is -2.29. The first-order valence-electron chi connectivity index (χ1n) is 9.37. The number of carbonyl (C=O) groups excluding carboxylic acids is 2. The summed E-state index contributed by atoms with van der Waals surface area (Å²) in [5, 5.41) is 0. The van der Waals surface area contributed by atoms with E-state index in [0.29, 0.717) is 5.84 Å². The number of carbonyl (C=O) groups is 2.